The molecule has 2 bridgehead atoms. The van der Waals surface area contributed by atoms with Gasteiger partial charge in [-0.05, 0) is 30.1 Å². The van der Waals surface area contributed by atoms with Crippen LogP contribution in [0.4, 0.5) is 4.79 Å². The summed E-state index contributed by atoms with van der Waals surface area (Å²) in [4.78, 5) is 14.5. The van der Waals surface area contributed by atoms with Gasteiger partial charge in [-0.3, -0.25) is 4.90 Å². The maximum absolute atomic E-state index is 12.7. The van der Waals surface area contributed by atoms with Crippen molar-refractivity contribution in [1.29, 1.82) is 0 Å². The monoisotopic (exact) mass is 325 g/mol. The minimum atomic E-state index is -0.337. The second kappa shape index (κ2) is 7.05. The van der Waals surface area contributed by atoms with Gasteiger partial charge in [-0.1, -0.05) is 55.6 Å². The molecule has 0 N–H and O–H groups in total. The van der Waals surface area contributed by atoms with Gasteiger partial charge in [0, 0.05) is 6.61 Å². The van der Waals surface area contributed by atoms with E-state index in [0.29, 0.717) is 13.0 Å². The second-order valence-corrected chi connectivity index (χ2v) is 6.13. The zero-order valence-corrected chi connectivity index (χ0v) is 14.0. The molecule has 0 unspecified atom stereocenters. The minimum absolute atomic E-state index is 0.104. The molecule has 0 saturated carbocycles. The number of carbonyl (C=O) groups is 1. The van der Waals surface area contributed by atoms with E-state index in [-0.39, 0.29) is 30.9 Å². The Bertz CT molecular complexity index is 665. The first-order chi connectivity index (χ1) is 11.6. The Morgan fingerprint density at radius 1 is 1.29 bits per heavy atom. The highest BCUT2D eigenvalue weighted by Gasteiger charge is 2.44. The normalized spacial score (nSPS) is 25.7. The number of benzene rings is 1. The quantitative estimate of drug-likeness (QED) is 0.789. The lowest BCUT2D eigenvalue weighted by Crippen LogP contribution is -2.58. The Morgan fingerprint density at radius 3 is 2.75 bits per heavy atom. The van der Waals surface area contributed by atoms with Gasteiger partial charge in [0.1, 0.15) is 12.7 Å². The van der Waals surface area contributed by atoms with Crippen LogP contribution in [0.25, 0.3) is 0 Å². The van der Waals surface area contributed by atoms with Crippen LogP contribution < -0.4 is 0 Å². The van der Waals surface area contributed by atoms with Crippen LogP contribution in [0.1, 0.15) is 18.9 Å². The Balaban J connectivity index is 1.77. The van der Waals surface area contributed by atoms with E-state index in [0.717, 1.165) is 16.7 Å². The van der Waals surface area contributed by atoms with E-state index >= 15 is 0 Å². The number of ether oxygens (including phenoxy) is 2. The molecule has 2 heterocycles. The molecule has 0 aliphatic carbocycles. The van der Waals surface area contributed by atoms with Crippen LogP contribution in [0.3, 0.4) is 0 Å². The summed E-state index contributed by atoms with van der Waals surface area (Å²) in [6.07, 6.45) is 4.07. The van der Waals surface area contributed by atoms with E-state index in [1.54, 1.807) is 4.90 Å². The summed E-state index contributed by atoms with van der Waals surface area (Å²) in [5.41, 5.74) is 2.87. The van der Waals surface area contributed by atoms with Crippen molar-refractivity contribution in [2.75, 3.05) is 6.61 Å². The van der Waals surface area contributed by atoms with Gasteiger partial charge >= 0.3 is 6.09 Å². The smallest absolute Gasteiger partial charge is 0.411 e. The Morgan fingerprint density at radius 2 is 2.04 bits per heavy atom. The Kier molecular flexibility index (Phi) is 4.86. The molecule has 126 valence electrons. The molecule has 0 aromatic heterocycles. The first-order valence-corrected chi connectivity index (χ1v) is 8.27. The zero-order chi connectivity index (χ0) is 17.1. The molecule has 1 aromatic carbocycles. The first-order valence-electron chi connectivity index (χ1n) is 8.27. The van der Waals surface area contributed by atoms with E-state index in [2.05, 4.69) is 13.2 Å². The van der Waals surface area contributed by atoms with Crippen molar-refractivity contribution in [1.82, 2.24) is 4.90 Å². The van der Waals surface area contributed by atoms with Crippen molar-refractivity contribution in [2.45, 2.75) is 38.1 Å². The van der Waals surface area contributed by atoms with Gasteiger partial charge in [-0.2, -0.15) is 0 Å². The van der Waals surface area contributed by atoms with Crippen molar-refractivity contribution < 1.29 is 14.3 Å². The summed E-state index contributed by atoms with van der Waals surface area (Å²) in [5.74, 6) is 0. The van der Waals surface area contributed by atoms with Crippen molar-refractivity contribution in [3.8, 4) is 0 Å². The zero-order valence-electron chi connectivity index (χ0n) is 14.0. The van der Waals surface area contributed by atoms with Crippen molar-refractivity contribution in [3.63, 3.8) is 0 Å². The van der Waals surface area contributed by atoms with E-state index in [9.17, 15) is 4.79 Å². The molecule has 3 rings (SSSR count). The topological polar surface area (TPSA) is 38.8 Å². The second-order valence-electron chi connectivity index (χ2n) is 6.13. The summed E-state index contributed by atoms with van der Waals surface area (Å²) in [7, 11) is 0. The van der Waals surface area contributed by atoms with E-state index < -0.39 is 0 Å². The average molecular weight is 325 g/mol. The van der Waals surface area contributed by atoms with E-state index in [4.69, 9.17) is 9.47 Å². The molecule has 4 nitrogen and oxygen atoms in total. The lowest BCUT2D eigenvalue weighted by atomic mass is 9.82. The van der Waals surface area contributed by atoms with Gasteiger partial charge in [0.15, 0.2) is 0 Å². The fraction of sp³-hybridized carbons (Fsp3) is 0.350. The van der Waals surface area contributed by atoms with E-state index in [1.165, 1.54) is 0 Å². The molecule has 3 atom stereocenters. The van der Waals surface area contributed by atoms with Crippen molar-refractivity contribution in [2.24, 2.45) is 0 Å². The maximum Gasteiger partial charge on any atom is 0.411 e. The number of piperidine rings is 1. The fourth-order valence-electron chi connectivity index (χ4n) is 3.33. The summed E-state index contributed by atoms with van der Waals surface area (Å²) in [5, 5.41) is 0. The molecule has 1 amide bonds. The van der Waals surface area contributed by atoms with Crippen LogP contribution in [-0.4, -0.2) is 35.8 Å². The van der Waals surface area contributed by atoms with Crippen LogP contribution in [0.2, 0.25) is 0 Å². The van der Waals surface area contributed by atoms with Gasteiger partial charge in [0.05, 0.1) is 12.1 Å². The lowest BCUT2D eigenvalue weighted by Gasteiger charge is -2.47. The molecule has 0 radical (unpaired) electrons. The predicted molar refractivity (Wildman–Crippen MR) is 93.5 cm³/mol. The van der Waals surface area contributed by atoms with Gasteiger partial charge in [0.2, 0.25) is 0 Å². The Labute approximate surface area is 143 Å². The maximum atomic E-state index is 12.7. The standard InChI is InChI=1S/C20H23NO3/c1-4-23-19-15(3)12-18-14(2)10-11-17(19)21(18)20(22)24-13-16-8-6-5-7-9-16/h5-11,17-19H,2-4,12-13H2,1H3/t17-,18-,19-/m0/s1. The lowest BCUT2D eigenvalue weighted by molar-refractivity contribution is -0.00879. The molecule has 24 heavy (non-hydrogen) atoms. The minimum Gasteiger partial charge on any atom is -0.445 e. The van der Waals surface area contributed by atoms with Crippen LogP contribution in [-0.2, 0) is 16.1 Å². The molecule has 2 aliphatic heterocycles. The number of rotatable bonds is 4. The molecular formula is C20H23NO3. The first kappa shape index (κ1) is 16.5. The van der Waals surface area contributed by atoms with E-state index in [1.807, 2.05) is 49.4 Å². The van der Waals surface area contributed by atoms with Crippen LogP contribution >= 0.6 is 0 Å². The highest BCUT2D eigenvalue weighted by Crippen LogP contribution is 2.37. The third kappa shape index (κ3) is 3.15. The molecule has 1 saturated heterocycles. The fourth-order valence-corrected chi connectivity index (χ4v) is 3.33. The summed E-state index contributed by atoms with van der Waals surface area (Å²) in [6.45, 7) is 11.0. The van der Waals surface area contributed by atoms with Crippen LogP contribution in [0, 0.1) is 0 Å². The van der Waals surface area contributed by atoms with Gasteiger partial charge in [-0.25, -0.2) is 4.79 Å². The van der Waals surface area contributed by atoms with Crippen LogP contribution in [0.15, 0.2) is 66.8 Å². The van der Waals surface area contributed by atoms with Gasteiger partial charge in [-0.15, -0.1) is 0 Å². The molecular weight excluding hydrogens is 302 g/mol. The van der Waals surface area contributed by atoms with Crippen molar-refractivity contribution >= 4 is 6.09 Å². The summed E-state index contributed by atoms with van der Waals surface area (Å²) in [6, 6.07) is 9.38. The van der Waals surface area contributed by atoms with Gasteiger partial charge in [0.25, 0.3) is 0 Å². The summed E-state index contributed by atoms with van der Waals surface area (Å²) >= 11 is 0. The number of nitrogens with zero attached hydrogens (tertiary/aromatic N) is 1. The number of hydrogen-bond acceptors (Lipinski definition) is 3. The highest BCUT2D eigenvalue weighted by atomic mass is 16.6. The molecule has 1 aromatic rings. The Hall–Kier alpha value is -2.33. The number of hydrogen-bond donors (Lipinski definition) is 0. The van der Waals surface area contributed by atoms with Crippen LogP contribution in [0.5, 0.6) is 0 Å². The molecule has 0 spiro atoms. The number of fused-ring (bicyclic) bond motifs is 2. The van der Waals surface area contributed by atoms with Crippen molar-refractivity contribution in [3.05, 3.63) is 72.4 Å². The predicted octanol–water partition coefficient (Wildman–Crippen LogP) is 3.85. The SMILES string of the molecule is C=C1C[C@H]2C(=C)C=C[C@@H]([C@H]1OCC)N2C(=O)OCc1ccccc1. The largest absolute Gasteiger partial charge is 0.445 e. The average Bonchev–Trinajstić information content (AvgIpc) is 2.59. The molecule has 2 aliphatic rings. The number of amides is 1. The highest BCUT2D eigenvalue weighted by molar-refractivity contribution is 5.71. The molecule has 1 fully saturated rings. The third-order valence-corrected chi connectivity index (χ3v) is 4.52. The third-order valence-electron chi connectivity index (χ3n) is 4.52. The van der Waals surface area contributed by atoms with Gasteiger partial charge < -0.3 is 9.47 Å². The number of carbonyl (C=O) groups excluding carboxylic acids is 1. The summed E-state index contributed by atoms with van der Waals surface area (Å²) < 4.78 is 11.4. The molecule has 4 heteroatoms.